The Hall–Kier alpha value is -2.09. The molecule has 2 aromatic carbocycles. The lowest BCUT2D eigenvalue weighted by Crippen LogP contribution is -2.10. The third kappa shape index (κ3) is 2.74. The van der Waals surface area contributed by atoms with Gasteiger partial charge in [0.15, 0.2) is 6.29 Å². The fourth-order valence-corrected chi connectivity index (χ4v) is 2.25. The van der Waals surface area contributed by atoms with Crippen molar-refractivity contribution >= 4 is 6.29 Å². The van der Waals surface area contributed by atoms with Crippen LogP contribution in [0.1, 0.15) is 36.7 Å². The molecule has 104 valence electrons. The number of hydrogen-bond acceptors (Lipinski definition) is 2. The molecule has 0 spiro atoms. The summed E-state index contributed by atoms with van der Waals surface area (Å²) in [5, 5.41) is 0. The standard InChI is InChI=1S/C18H20O2/c1-18(2,3)15-10-8-13(9-11-15)16-7-5-6-14(12-19)17(16)20-4/h5-12H,1-4H3. The summed E-state index contributed by atoms with van der Waals surface area (Å²) < 4.78 is 5.39. The van der Waals surface area contributed by atoms with Crippen LogP contribution in [0.4, 0.5) is 0 Å². The molecule has 20 heavy (non-hydrogen) atoms. The Morgan fingerprint density at radius 2 is 1.65 bits per heavy atom. The zero-order valence-corrected chi connectivity index (χ0v) is 12.4. The molecule has 0 aliphatic carbocycles. The number of carbonyl (C=O) groups excluding carboxylic acids is 1. The summed E-state index contributed by atoms with van der Waals surface area (Å²) in [4.78, 5) is 11.1. The van der Waals surface area contributed by atoms with Gasteiger partial charge in [-0.05, 0) is 22.6 Å². The molecule has 0 heterocycles. The van der Waals surface area contributed by atoms with Crippen molar-refractivity contribution in [3.63, 3.8) is 0 Å². The van der Waals surface area contributed by atoms with Gasteiger partial charge in [0.05, 0.1) is 12.7 Å². The van der Waals surface area contributed by atoms with Crippen LogP contribution in [0.15, 0.2) is 42.5 Å². The average molecular weight is 268 g/mol. The second kappa shape index (κ2) is 5.49. The van der Waals surface area contributed by atoms with E-state index in [-0.39, 0.29) is 5.41 Å². The van der Waals surface area contributed by atoms with Crippen LogP contribution in [0, 0.1) is 0 Å². The number of ether oxygens (including phenoxy) is 1. The third-order valence-corrected chi connectivity index (χ3v) is 3.44. The van der Waals surface area contributed by atoms with E-state index in [2.05, 4.69) is 45.0 Å². The minimum Gasteiger partial charge on any atom is -0.495 e. The minimum atomic E-state index is 0.132. The predicted octanol–water partition coefficient (Wildman–Crippen LogP) is 4.47. The Morgan fingerprint density at radius 3 is 2.15 bits per heavy atom. The minimum absolute atomic E-state index is 0.132. The smallest absolute Gasteiger partial charge is 0.153 e. The molecule has 0 unspecified atom stereocenters. The highest BCUT2D eigenvalue weighted by atomic mass is 16.5. The topological polar surface area (TPSA) is 26.3 Å². The molecule has 0 bridgehead atoms. The first kappa shape index (κ1) is 14.3. The van der Waals surface area contributed by atoms with Crippen LogP contribution >= 0.6 is 0 Å². The molecular formula is C18H20O2. The van der Waals surface area contributed by atoms with Gasteiger partial charge in [-0.2, -0.15) is 0 Å². The van der Waals surface area contributed by atoms with Crippen LogP contribution in [0.3, 0.4) is 0 Å². The maximum Gasteiger partial charge on any atom is 0.153 e. The van der Waals surface area contributed by atoms with Crippen LogP contribution in [0.2, 0.25) is 0 Å². The molecule has 0 radical (unpaired) electrons. The molecule has 2 nitrogen and oxygen atoms in total. The van der Waals surface area contributed by atoms with Gasteiger partial charge in [-0.25, -0.2) is 0 Å². The van der Waals surface area contributed by atoms with Crippen LogP contribution in [0.5, 0.6) is 5.75 Å². The van der Waals surface area contributed by atoms with E-state index in [0.29, 0.717) is 11.3 Å². The van der Waals surface area contributed by atoms with Crippen LogP contribution in [-0.4, -0.2) is 13.4 Å². The lowest BCUT2D eigenvalue weighted by atomic mass is 9.86. The number of methoxy groups -OCH3 is 1. The number of benzene rings is 2. The first-order chi connectivity index (χ1) is 9.47. The Morgan fingerprint density at radius 1 is 1.00 bits per heavy atom. The van der Waals surface area contributed by atoms with E-state index < -0.39 is 0 Å². The van der Waals surface area contributed by atoms with E-state index in [9.17, 15) is 4.79 Å². The van der Waals surface area contributed by atoms with Crippen molar-refractivity contribution in [2.24, 2.45) is 0 Å². The molecule has 0 atom stereocenters. The van der Waals surface area contributed by atoms with Gasteiger partial charge in [-0.15, -0.1) is 0 Å². The summed E-state index contributed by atoms with van der Waals surface area (Å²) in [7, 11) is 1.59. The first-order valence-corrected chi connectivity index (χ1v) is 6.70. The second-order valence-corrected chi connectivity index (χ2v) is 5.87. The van der Waals surface area contributed by atoms with Gasteiger partial charge in [-0.1, -0.05) is 57.2 Å². The maximum atomic E-state index is 11.1. The van der Waals surface area contributed by atoms with Crippen molar-refractivity contribution in [2.45, 2.75) is 26.2 Å². The number of hydrogen-bond donors (Lipinski definition) is 0. The van der Waals surface area contributed by atoms with Gasteiger partial charge in [0.2, 0.25) is 0 Å². The van der Waals surface area contributed by atoms with Gasteiger partial charge in [0.25, 0.3) is 0 Å². The van der Waals surface area contributed by atoms with Crippen molar-refractivity contribution in [3.05, 3.63) is 53.6 Å². The normalized spacial score (nSPS) is 11.2. The van der Waals surface area contributed by atoms with Gasteiger partial charge in [-0.3, -0.25) is 4.79 Å². The summed E-state index contributed by atoms with van der Waals surface area (Å²) in [6.45, 7) is 6.57. The van der Waals surface area contributed by atoms with Crippen molar-refractivity contribution in [2.75, 3.05) is 7.11 Å². The number of rotatable bonds is 3. The lowest BCUT2D eigenvalue weighted by molar-refractivity contribution is 0.112. The molecule has 2 aromatic rings. The highest BCUT2D eigenvalue weighted by molar-refractivity contribution is 5.86. The molecule has 0 fully saturated rings. The fraction of sp³-hybridized carbons (Fsp3) is 0.278. The molecule has 0 aliphatic heterocycles. The average Bonchev–Trinajstić information content (AvgIpc) is 2.45. The maximum absolute atomic E-state index is 11.1. The van der Waals surface area contributed by atoms with Gasteiger partial charge < -0.3 is 4.74 Å². The number of carbonyl (C=O) groups is 1. The molecule has 0 aromatic heterocycles. The van der Waals surface area contributed by atoms with Crippen LogP contribution in [-0.2, 0) is 5.41 Å². The molecule has 0 amide bonds. The Labute approximate surface area is 120 Å². The fourth-order valence-electron chi connectivity index (χ4n) is 2.25. The monoisotopic (exact) mass is 268 g/mol. The summed E-state index contributed by atoms with van der Waals surface area (Å²) >= 11 is 0. The van der Waals surface area contributed by atoms with Crippen molar-refractivity contribution in [1.82, 2.24) is 0 Å². The Bertz CT molecular complexity index is 604. The predicted molar refractivity (Wildman–Crippen MR) is 82.5 cm³/mol. The SMILES string of the molecule is COc1c(C=O)cccc1-c1ccc(C(C)(C)C)cc1. The zero-order valence-electron chi connectivity index (χ0n) is 12.4. The number of aldehydes is 1. The summed E-state index contributed by atoms with van der Waals surface area (Å²) in [5.74, 6) is 0.631. The molecule has 2 rings (SSSR count). The van der Waals surface area contributed by atoms with Crippen LogP contribution in [0.25, 0.3) is 11.1 Å². The largest absolute Gasteiger partial charge is 0.495 e. The van der Waals surface area contributed by atoms with E-state index in [1.165, 1.54) is 5.56 Å². The van der Waals surface area contributed by atoms with Gasteiger partial charge in [0.1, 0.15) is 5.75 Å². The van der Waals surface area contributed by atoms with E-state index in [0.717, 1.165) is 17.4 Å². The highest BCUT2D eigenvalue weighted by Gasteiger charge is 2.14. The first-order valence-electron chi connectivity index (χ1n) is 6.70. The number of para-hydroxylation sites is 1. The van der Waals surface area contributed by atoms with E-state index in [1.54, 1.807) is 13.2 Å². The summed E-state index contributed by atoms with van der Waals surface area (Å²) in [6, 6.07) is 14.0. The second-order valence-electron chi connectivity index (χ2n) is 5.87. The molecule has 0 saturated heterocycles. The molecule has 0 saturated carbocycles. The van der Waals surface area contributed by atoms with E-state index >= 15 is 0 Å². The van der Waals surface area contributed by atoms with Gasteiger partial charge in [0, 0.05) is 5.56 Å². The van der Waals surface area contributed by atoms with Crippen molar-refractivity contribution in [1.29, 1.82) is 0 Å². The lowest BCUT2D eigenvalue weighted by Gasteiger charge is -2.19. The quantitative estimate of drug-likeness (QED) is 0.768. The zero-order chi connectivity index (χ0) is 14.8. The Kier molecular flexibility index (Phi) is 3.93. The van der Waals surface area contributed by atoms with Crippen molar-refractivity contribution in [3.8, 4) is 16.9 Å². The van der Waals surface area contributed by atoms with E-state index in [1.807, 2.05) is 12.1 Å². The highest BCUT2D eigenvalue weighted by Crippen LogP contribution is 2.33. The van der Waals surface area contributed by atoms with Gasteiger partial charge >= 0.3 is 0 Å². The van der Waals surface area contributed by atoms with E-state index in [4.69, 9.17) is 4.74 Å². The van der Waals surface area contributed by atoms with Crippen LogP contribution < -0.4 is 4.74 Å². The third-order valence-electron chi connectivity index (χ3n) is 3.44. The summed E-state index contributed by atoms with van der Waals surface area (Å²) in [5.41, 5.74) is 3.99. The molecule has 2 heteroatoms. The molecular weight excluding hydrogens is 248 g/mol. The Balaban J connectivity index is 2.49. The molecule has 0 N–H and O–H groups in total. The summed E-state index contributed by atoms with van der Waals surface area (Å²) in [6.07, 6.45) is 0.825. The molecule has 0 aliphatic rings. The van der Waals surface area contributed by atoms with Crippen molar-refractivity contribution < 1.29 is 9.53 Å².